The SMILES string of the molecule is CC(=O)N(C(C)=O)c1ccc2c(c1)OCCOCCOCCOCCOCCO2. The number of carbonyl (C=O) groups excluding carboxylic acids is 2. The topological polar surface area (TPSA) is 92.8 Å². The molecule has 0 atom stereocenters. The van der Waals surface area contributed by atoms with Gasteiger partial charge in [0, 0.05) is 19.9 Å². The second-order valence-corrected chi connectivity index (χ2v) is 6.15. The Labute approximate surface area is 170 Å². The molecule has 1 aliphatic heterocycles. The van der Waals surface area contributed by atoms with Gasteiger partial charge < -0.3 is 28.4 Å². The van der Waals surface area contributed by atoms with Crippen LogP contribution < -0.4 is 14.4 Å². The van der Waals surface area contributed by atoms with Gasteiger partial charge in [-0.05, 0) is 12.1 Å². The standard InChI is InChI=1S/C20H29NO8/c1-16(22)21(17(2)23)18-3-4-19-20(15-18)29-14-12-27-10-8-25-6-5-24-7-9-26-11-13-28-19/h3-4,15H,5-14H2,1-2H3. The molecule has 0 N–H and O–H groups in total. The minimum absolute atomic E-state index is 0.277. The van der Waals surface area contributed by atoms with Crippen molar-refractivity contribution in [2.45, 2.75) is 13.8 Å². The van der Waals surface area contributed by atoms with Crippen LogP contribution >= 0.6 is 0 Å². The third-order valence-electron chi connectivity index (χ3n) is 3.90. The number of hydrogen-bond acceptors (Lipinski definition) is 8. The second-order valence-electron chi connectivity index (χ2n) is 6.15. The van der Waals surface area contributed by atoms with E-state index in [1.807, 2.05) is 0 Å². The van der Waals surface area contributed by atoms with Crippen molar-refractivity contribution in [2.24, 2.45) is 0 Å². The lowest BCUT2D eigenvalue weighted by atomic mass is 10.2. The summed E-state index contributed by atoms with van der Waals surface area (Å²) < 4.78 is 33.3. The van der Waals surface area contributed by atoms with Crippen LogP contribution in [0.2, 0.25) is 0 Å². The second kappa shape index (κ2) is 13.1. The van der Waals surface area contributed by atoms with Crippen molar-refractivity contribution in [3.8, 4) is 11.5 Å². The van der Waals surface area contributed by atoms with Gasteiger partial charge in [-0.3, -0.25) is 14.5 Å². The normalized spacial score (nSPS) is 17.6. The molecule has 1 aromatic carbocycles. The molecule has 0 spiro atoms. The van der Waals surface area contributed by atoms with Crippen molar-refractivity contribution in [2.75, 3.05) is 71.0 Å². The van der Waals surface area contributed by atoms with E-state index in [9.17, 15) is 9.59 Å². The predicted molar refractivity (Wildman–Crippen MR) is 105 cm³/mol. The summed E-state index contributed by atoms with van der Waals surface area (Å²) in [4.78, 5) is 24.7. The largest absolute Gasteiger partial charge is 0.487 e. The number of amides is 2. The van der Waals surface area contributed by atoms with Gasteiger partial charge in [0.1, 0.15) is 13.2 Å². The number of hydrogen-bond donors (Lipinski definition) is 0. The van der Waals surface area contributed by atoms with Gasteiger partial charge in [0.25, 0.3) is 0 Å². The molecule has 0 radical (unpaired) electrons. The fourth-order valence-electron chi connectivity index (χ4n) is 2.64. The summed E-state index contributed by atoms with van der Waals surface area (Å²) in [6, 6.07) is 4.91. The Balaban J connectivity index is 2.07. The number of fused-ring (bicyclic) bond motifs is 1. The lowest BCUT2D eigenvalue weighted by Crippen LogP contribution is -2.33. The fraction of sp³-hybridized carbons (Fsp3) is 0.600. The van der Waals surface area contributed by atoms with Crippen LogP contribution in [0.25, 0.3) is 0 Å². The number of nitrogens with zero attached hydrogens (tertiary/aromatic N) is 1. The minimum Gasteiger partial charge on any atom is -0.487 e. The number of carbonyl (C=O) groups is 2. The zero-order valence-electron chi connectivity index (χ0n) is 17.0. The summed E-state index contributed by atoms with van der Waals surface area (Å²) >= 11 is 0. The van der Waals surface area contributed by atoms with Crippen molar-refractivity contribution < 1.29 is 38.0 Å². The smallest absolute Gasteiger partial charge is 0.230 e. The van der Waals surface area contributed by atoms with E-state index in [4.69, 9.17) is 28.4 Å². The van der Waals surface area contributed by atoms with Crippen LogP contribution in [0.5, 0.6) is 11.5 Å². The monoisotopic (exact) mass is 411 g/mol. The van der Waals surface area contributed by atoms with E-state index in [1.165, 1.54) is 13.8 Å². The van der Waals surface area contributed by atoms with Crippen LogP contribution in [0.1, 0.15) is 13.8 Å². The van der Waals surface area contributed by atoms with Gasteiger partial charge in [0.15, 0.2) is 11.5 Å². The highest BCUT2D eigenvalue weighted by molar-refractivity contribution is 6.13. The van der Waals surface area contributed by atoms with Gasteiger partial charge in [-0.1, -0.05) is 0 Å². The maximum atomic E-state index is 11.8. The van der Waals surface area contributed by atoms with Crippen LogP contribution in [0.3, 0.4) is 0 Å². The summed E-state index contributed by atoms with van der Waals surface area (Å²) in [7, 11) is 0. The Morgan fingerprint density at radius 3 is 1.52 bits per heavy atom. The van der Waals surface area contributed by atoms with E-state index in [0.717, 1.165) is 4.90 Å². The van der Waals surface area contributed by atoms with Gasteiger partial charge >= 0.3 is 0 Å². The van der Waals surface area contributed by atoms with Crippen LogP contribution in [0.15, 0.2) is 18.2 Å². The van der Waals surface area contributed by atoms with Gasteiger partial charge in [-0.2, -0.15) is 0 Å². The first-order chi connectivity index (χ1) is 14.1. The zero-order chi connectivity index (χ0) is 20.9. The highest BCUT2D eigenvalue weighted by atomic mass is 16.6. The van der Waals surface area contributed by atoms with Crippen molar-refractivity contribution in [1.82, 2.24) is 0 Å². The molecule has 0 fully saturated rings. The maximum absolute atomic E-state index is 11.8. The van der Waals surface area contributed by atoms with Crippen molar-refractivity contribution >= 4 is 17.5 Å². The molecule has 9 nitrogen and oxygen atoms in total. The molecular formula is C20H29NO8. The van der Waals surface area contributed by atoms with E-state index in [1.54, 1.807) is 18.2 Å². The van der Waals surface area contributed by atoms with Gasteiger partial charge in [-0.25, -0.2) is 0 Å². The van der Waals surface area contributed by atoms with E-state index in [2.05, 4.69) is 0 Å². The Bertz CT molecular complexity index is 637. The maximum Gasteiger partial charge on any atom is 0.230 e. The zero-order valence-corrected chi connectivity index (χ0v) is 17.0. The molecule has 1 heterocycles. The first-order valence-corrected chi connectivity index (χ1v) is 9.61. The Kier molecular flexibility index (Phi) is 10.4. The Morgan fingerprint density at radius 1 is 0.655 bits per heavy atom. The molecule has 2 amide bonds. The highest BCUT2D eigenvalue weighted by Crippen LogP contribution is 2.32. The van der Waals surface area contributed by atoms with Crippen LogP contribution in [0.4, 0.5) is 5.69 Å². The number of rotatable bonds is 1. The van der Waals surface area contributed by atoms with Gasteiger partial charge in [0.2, 0.25) is 11.8 Å². The van der Waals surface area contributed by atoms with E-state index in [0.29, 0.717) is 76.6 Å². The number of ether oxygens (including phenoxy) is 6. The molecule has 0 aliphatic carbocycles. The third kappa shape index (κ3) is 8.36. The number of anilines is 1. The molecular weight excluding hydrogens is 382 g/mol. The molecule has 0 unspecified atom stereocenters. The van der Waals surface area contributed by atoms with Gasteiger partial charge in [-0.15, -0.1) is 0 Å². The van der Waals surface area contributed by atoms with Crippen LogP contribution in [-0.2, 0) is 28.5 Å². The first-order valence-electron chi connectivity index (χ1n) is 9.61. The lowest BCUT2D eigenvalue weighted by Gasteiger charge is -2.20. The number of imide groups is 1. The molecule has 29 heavy (non-hydrogen) atoms. The van der Waals surface area contributed by atoms with E-state index in [-0.39, 0.29) is 18.4 Å². The molecule has 162 valence electrons. The lowest BCUT2D eigenvalue weighted by molar-refractivity contribution is -0.124. The first kappa shape index (κ1) is 23.1. The average Bonchev–Trinajstić information content (AvgIpc) is 2.67. The van der Waals surface area contributed by atoms with Crippen molar-refractivity contribution in [3.05, 3.63) is 18.2 Å². The minimum atomic E-state index is -0.377. The average molecular weight is 411 g/mol. The Morgan fingerprint density at radius 2 is 1.07 bits per heavy atom. The summed E-state index contributed by atoms with van der Waals surface area (Å²) in [5, 5.41) is 0. The fourth-order valence-corrected chi connectivity index (χ4v) is 2.64. The molecule has 0 saturated carbocycles. The van der Waals surface area contributed by atoms with Crippen LogP contribution in [0, 0.1) is 0 Å². The molecule has 0 saturated heterocycles. The molecule has 0 bridgehead atoms. The van der Waals surface area contributed by atoms with Crippen LogP contribution in [-0.4, -0.2) is 77.9 Å². The van der Waals surface area contributed by atoms with E-state index < -0.39 is 0 Å². The molecule has 9 heteroatoms. The predicted octanol–water partition coefficient (Wildman–Crippen LogP) is 1.42. The summed E-state index contributed by atoms with van der Waals surface area (Å²) in [6.07, 6.45) is 0. The number of benzene rings is 1. The third-order valence-corrected chi connectivity index (χ3v) is 3.90. The Hall–Kier alpha value is -2.20. The summed E-state index contributed by atoms with van der Waals surface area (Å²) in [5.41, 5.74) is 0.414. The molecule has 1 aromatic rings. The molecule has 1 aliphatic rings. The quantitative estimate of drug-likeness (QED) is 0.685. The van der Waals surface area contributed by atoms with Crippen molar-refractivity contribution in [3.63, 3.8) is 0 Å². The highest BCUT2D eigenvalue weighted by Gasteiger charge is 2.18. The summed E-state index contributed by atoms with van der Waals surface area (Å²) in [6.45, 7) is 6.86. The molecule has 2 rings (SSSR count). The van der Waals surface area contributed by atoms with E-state index >= 15 is 0 Å². The molecule has 0 aromatic heterocycles. The van der Waals surface area contributed by atoms with Crippen molar-refractivity contribution in [1.29, 1.82) is 0 Å². The summed E-state index contributed by atoms with van der Waals surface area (Å²) in [5.74, 6) is 0.152. The van der Waals surface area contributed by atoms with Gasteiger partial charge in [0.05, 0.1) is 58.5 Å².